The number of carbonyl (C=O) groups excluding carboxylic acids is 1. The van der Waals surface area contributed by atoms with Crippen LogP contribution in [0.3, 0.4) is 0 Å². The van der Waals surface area contributed by atoms with Gasteiger partial charge in [-0.1, -0.05) is 6.07 Å². The molecular weight excluding hydrogens is 346 g/mol. The first-order chi connectivity index (χ1) is 13.0. The van der Waals surface area contributed by atoms with E-state index in [1.54, 1.807) is 13.0 Å². The number of non-ortho nitro benzene ring substituents is 1. The Labute approximate surface area is 158 Å². The standard InChI is InChI=1S/C19H23N5O3/c1-14-13-16(24(26)27)6-7-17(14)21-19(25)15(2)22-9-11-23(12-10-22)18-5-3-4-8-20-18/h3-8,13,15H,9-12H2,1-2H3,(H,21,25)/p+2/t15-/m0/s1. The molecule has 1 fully saturated rings. The normalized spacial score (nSPS) is 16.0. The molecule has 0 saturated carbocycles. The zero-order valence-electron chi connectivity index (χ0n) is 15.6. The van der Waals surface area contributed by atoms with Crippen molar-refractivity contribution in [2.45, 2.75) is 19.9 Å². The summed E-state index contributed by atoms with van der Waals surface area (Å²) in [6.45, 7) is 7.19. The first-order valence-electron chi connectivity index (χ1n) is 9.08. The van der Waals surface area contributed by atoms with Crippen LogP contribution in [-0.4, -0.2) is 43.1 Å². The van der Waals surface area contributed by atoms with Gasteiger partial charge in [0.05, 0.1) is 11.1 Å². The second kappa shape index (κ2) is 8.13. The van der Waals surface area contributed by atoms with E-state index >= 15 is 0 Å². The largest absolute Gasteiger partial charge is 0.321 e. The predicted octanol–water partition coefficient (Wildman–Crippen LogP) is 0.449. The van der Waals surface area contributed by atoms with E-state index in [9.17, 15) is 14.9 Å². The van der Waals surface area contributed by atoms with Crippen molar-refractivity contribution in [3.63, 3.8) is 0 Å². The van der Waals surface area contributed by atoms with Gasteiger partial charge in [-0.3, -0.25) is 19.8 Å². The van der Waals surface area contributed by atoms with E-state index in [1.165, 1.54) is 17.0 Å². The number of aromatic nitrogens is 1. The van der Waals surface area contributed by atoms with E-state index in [-0.39, 0.29) is 17.6 Å². The Hall–Kier alpha value is -3.00. The van der Waals surface area contributed by atoms with Gasteiger partial charge in [0.1, 0.15) is 26.2 Å². The summed E-state index contributed by atoms with van der Waals surface area (Å²) in [5, 5.41) is 13.8. The maximum Gasteiger partial charge on any atom is 0.282 e. The summed E-state index contributed by atoms with van der Waals surface area (Å²) in [4.78, 5) is 29.8. The number of piperazine rings is 1. The molecule has 1 amide bonds. The van der Waals surface area contributed by atoms with Gasteiger partial charge in [-0.15, -0.1) is 0 Å². The fraction of sp³-hybridized carbons (Fsp3) is 0.368. The number of benzene rings is 1. The number of nitrogens with one attached hydrogen (secondary N) is 3. The third-order valence-electron chi connectivity index (χ3n) is 5.12. The first-order valence-corrected chi connectivity index (χ1v) is 9.08. The number of H-pyrrole nitrogens is 1. The van der Waals surface area contributed by atoms with Gasteiger partial charge in [0, 0.05) is 23.9 Å². The van der Waals surface area contributed by atoms with Crippen LogP contribution in [0.2, 0.25) is 0 Å². The quantitative estimate of drug-likeness (QED) is 0.589. The van der Waals surface area contributed by atoms with Crippen molar-refractivity contribution in [2.24, 2.45) is 0 Å². The average molecular weight is 371 g/mol. The van der Waals surface area contributed by atoms with Crippen LogP contribution in [0.15, 0.2) is 42.6 Å². The number of carbonyl (C=O) groups is 1. The fourth-order valence-electron chi connectivity index (χ4n) is 3.38. The number of quaternary nitrogens is 1. The van der Waals surface area contributed by atoms with Gasteiger partial charge in [0.15, 0.2) is 6.04 Å². The highest BCUT2D eigenvalue weighted by molar-refractivity contribution is 5.94. The number of nitrogens with zero attached hydrogens (tertiary/aromatic N) is 2. The zero-order valence-corrected chi connectivity index (χ0v) is 15.6. The van der Waals surface area contributed by atoms with Gasteiger partial charge in [0.25, 0.3) is 17.4 Å². The first kappa shape index (κ1) is 18.8. The number of anilines is 2. The van der Waals surface area contributed by atoms with Crippen LogP contribution < -0.4 is 20.1 Å². The van der Waals surface area contributed by atoms with Crippen LogP contribution >= 0.6 is 0 Å². The van der Waals surface area contributed by atoms with Crippen LogP contribution in [0.25, 0.3) is 0 Å². The van der Waals surface area contributed by atoms with Gasteiger partial charge < -0.3 is 10.2 Å². The number of amides is 1. The third kappa shape index (κ3) is 4.40. The lowest BCUT2D eigenvalue weighted by atomic mass is 10.1. The fourth-order valence-corrected chi connectivity index (χ4v) is 3.38. The van der Waals surface area contributed by atoms with Gasteiger partial charge in [-0.05, 0) is 31.5 Å². The highest BCUT2D eigenvalue weighted by Gasteiger charge is 2.32. The van der Waals surface area contributed by atoms with Crippen LogP contribution in [0.1, 0.15) is 12.5 Å². The maximum atomic E-state index is 12.6. The van der Waals surface area contributed by atoms with E-state index in [2.05, 4.69) is 21.3 Å². The number of aromatic amines is 1. The molecular formula is C19H25N5O3+2. The van der Waals surface area contributed by atoms with Crippen LogP contribution in [0, 0.1) is 17.0 Å². The Bertz CT molecular complexity index is 819. The summed E-state index contributed by atoms with van der Waals surface area (Å²) in [5.74, 6) is 1.02. The minimum absolute atomic E-state index is 0.0259. The molecule has 0 aliphatic carbocycles. The van der Waals surface area contributed by atoms with Gasteiger partial charge in [-0.2, -0.15) is 0 Å². The summed E-state index contributed by atoms with van der Waals surface area (Å²) in [5.41, 5.74) is 1.33. The van der Waals surface area contributed by atoms with Crippen molar-refractivity contribution in [3.05, 3.63) is 58.3 Å². The molecule has 1 aromatic carbocycles. The van der Waals surface area contributed by atoms with E-state index in [0.717, 1.165) is 32.0 Å². The molecule has 1 aliphatic heterocycles. The molecule has 8 heteroatoms. The van der Waals surface area contributed by atoms with Crippen molar-refractivity contribution >= 4 is 23.1 Å². The molecule has 142 valence electrons. The Kier molecular flexibility index (Phi) is 5.66. The molecule has 3 rings (SSSR count). The number of nitro benzene ring substituents is 1. The molecule has 1 atom stereocenters. The molecule has 8 nitrogen and oxygen atoms in total. The Morgan fingerprint density at radius 3 is 2.63 bits per heavy atom. The molecule has 1 aromatic heterocycles. The molecule has 1 aliphatic rings. The number of rotatable bonds is 5. The number of nitro groups is 1. The van der Waals surface area contributed by atoms with E-state index in [0.29, 0.717) is 11.3 Å². The molecule has 27 heavy (non-hydrogen) atoms. The van der Waals surface area contributed by atoms with Crippen molar-refractivity contribution in [1.29, 1.82) is 0 Å². The summed E-state index contributed by atoms with van der Waals surface area (Å²) < 4.78 is 0. The van der Waals surface area contributed by atoms with Crippen molar-refractivity contribution in [2.75, 3.05) is 36.4 Å². The van der Waals surface area contributed by atoms with E-state index in [4.69, 9.17) is 0 Å². The highest BCUT2D eigenvalue weighted by atomic mass is 16.6. The summed E-state index contributed by atoms with van der Waals surface area (Å²) in [7, 11) is 0. The summed E-state index contributed by atoms with van der Waals surface area (Å²) in [6, 6.07) is 10.3. The predicted molar refractivity (Wildman–Crippen MR) is 102 cm³/mol. The lowest BCUT2D eigenvalue weighted by molar-refractivity contribution is -0.914. The molecule has 2 aromatic rings. The monoisotopic (exact) mass is 371 g/mol. The number of aryl methyl sites for hydroxylation is 1. The second-order valence-corrected chi connectivity index (χ2v) is 6.86. The van der Waals surface area contributed by atoms with Gasteiger partial charge in [-0.25, -0.2) is 4.98 Å². The zero-order chi connectivity index (χ0) is 19.4. The minimum atomic E-state index is -0.435. The number of pyridine rings is 1. The molecule has 0 bridgehead atoms. The van der Waals surface area contributed by atoms with Crippen LogP contribution in [-0.2, 0) is 4.79 Å². The average Bonchev–Trinajstić information content (AvgIpc) is 2.69. The molecule has 0 unspecified atom stereocenters. The molecule has 0 radical (unpaired) electrons. The van der Waals surface area contributed by atoms with E-state index in [1.807, 2.05) is 25.3 Å². The van der Waals surface area contributed by atoms with Crippen molar-refractivity contribution < 1.29 is 19.6 Å². The Morgan fingerprint density at radius 2 is 2.04 bits per heavy atom. The van der Waals surface area contributed by atoms with E-state index < -0.39 is 4.92 Å². The van der Waals surface area contributed by atoms with Gasteiger partial charge in [0.2, 0.25) is 0 Å². The summed E-state index contributed by atoms with van der Waals surface area (Å²) >= 11 is 0. The SMILES string of the molecule is Cc1cc([N+](=O)[O-])ccc1NC(=O)[C@H](C)[NH+]1CCN(c2cccc[nH+]2)CC1. The second-order valence-electron chi connectivity index (χ2n) is 6.86. The molecule has 2 heterocycles. The Morgan fingerprint density at radius 1 is 1.30 bits per heavy atom. The van der Waals surface area contributed by atoms with Crippen molar-refractivity contribution in [3.8, 4) is 0 Å². The minimum Gasteiger partial charge on any atom is -0.321 e. The maximum absolute atomic E-state index is 12.6. The molecule has 0 spiro atoms. The molecule has 3 N–H and O–H groups in total. The number of hydrogen-bond donors (Lipinski definition) is 2. The van der Waals surface area contributed by atoms with Crippen molar-refractivity contribution in [1.82, 2.24) is 0 Å². The Balaban J connectivity index is 1.57. The lowest BCUT2D eigenvalue weighted by Gasteiger charge is -2.31. The lowest BCUT2D eigenvalue weighted by Crippen LogP contribution is -3.19. The summed E-state index contributed by atoms with van der Waals surface area (Å²) in [6.07, 6.45) is 1.91. The topological polar surface area (TPSA) is 94.1 Å². The molecule has 1 saturated heterocycles. The van der Waals surface area contributed by atoms with Crippen LogP contribution in [0.5, 0.6) is 0 Å². The third-order valence-corrected chi connectivity index (χ3v) is 5.12. The van der Waals surface area contributed by atoms with Crippen LogP contribution in [0.4, 0.5) is 17.2 Å². The highest BCUT2D eigenvalue weighted by Crippen LogP contribution is 2.21. The number of hydrogen-bond acceptors (Lipinski definition) is 4. The van der Waals surface area contributed by atoms with Gasteiger partial charge >= 0.3 is 0 Å². The smallest absolute Gasteiger partial charge is 0.282 e.